The van der Waals surface area contributed by atoms with Crippen LogP contribution in [0.5, 0.6) is 0 Å². The van der Waals surface area contributed by atoms with Crippen LogP contribution in [0.4, 0.5) is 11.4 Å². The highest BCUT2D eigenvalue weighted by Crippen LogP contribution is 2.20. The minimum atomic E-state index is -0.380. The van der Waals surface area contributed by atoms with Gasteiger partial charge in [0.15, 0.2) is 0 Å². The molecule has 0 saturated heterocycles. The summed E-state index contributed by atoms with van der Waals surface area (Å²) in [6.45, 7) is 6.00. The van der Waals surface area contributed by atoms with Crippen LogP contribution in [0.25, 0.3) is 6.08 Å². The molecule has 2 rings (SSSR count). The molecule has 0 fully saturated rings. The van der Waals surface area contributed by atoms with Crippen molar-refractivity contribution in [1.82, 2.24) is 0 Å². The van der Waals surface area contributed by atoms with Crippen LogP contribution < -0.4 is 11.1 Å². The molecule has 0 saturated carbocycles. The largest absolute Gasteiger partial charge is 0.462 e. The Morgan fingerprint density at radius 2 is 1.76 bits per heavy atom. The van der Waals surface area contributed by atoms with Crippen LogP contribution in [-0.2, 0) is 9.53 Å². The van der Waals surface area contributed by atoms with Gasteiger partial charge >= 0.3 is 5.97 Å². The molecular weight excluding hydrogens is 316 g/mol. The minimum absolute atomic E-state index is 0.252. The standard InChI is InChI=1S/C20H22N2O3/c1-4-25-20(24)16-5-9-17(10-6-16)22-19(23)12-8-15-7-11-18(21)14(3)13(15)2/h5-12H,4,21H2,1-3H3,(H,22,23). The Kier molecular flexibility index (Phi) is 5.95. The van der Waals surface area contributed by atoms with Gasteiger partial charge in [-0.25, -0.2) is 4.79 Å². The summed E-state index contributed by atoms with van der Waals surface area (Å²) < 4.78 is 4.92. The summed E-state index contributed by atoms with van der Waals surface area (Å²) in [7, 11) is 0. The molecule has 0 radical (unpaired) electrons. The van der Waals surface area contributed by atoms with Gasteiger partial charge in [0.2, 0.25) is 5.91 Å². The number of ether oxygens (including phenoxy) is 1. The fourth-order valence-corrected chi connectivity index (χ4v) is 2.30. The van der Waals surface area contributed by atoms with Crippen molar-refractivity contribution in [3.63, 3.8) is 0 Å². The number of nitrogens with two attached hydrogens (primary N) is 1. The third-order valence-electron chi connectivity index (χ3n) is 3.95. The second-order valence-electron chi connectivity index (χ2n) is 5.61. The maximum absolute atomic E-state index is 12.1. The molecule has 1 amide bonds. The summed E-state index contributed by atoms with van der Waals surface area (Å²) in [4.78, 5) is 23.6. The molecule has 25 heavy (non-hydrogen) atoms. The molecule has 0 aliphatic carbocycles. The number of amides is 1. The fraction of sp³-hybridized carbons (Fsp3) is 0.200. The Morgan fingerprint density at radius 1 is 1.08 bits per heavy atom. The van der Waals surface area contributed by atoms with Crippen molar-refractivity contribution in [2.24, 2.45) is 0 Å². The first-order valence-electron chi connectivity index (χ1n) is 8.04. The van der Waals surface area contributed by atoms with E-state index >= 15 is 0 Å². The zero-order chi connectivity index (χ0) is 18.4. The van der Waals surface area contributed by atoms with Crippen LogP contribution in [0.3, 0.4) is 0 Å². The summed E-state index contributed by atoms with van der Waals surface area (Å²) in [6, 6.07) is 10.3. The average molecular weight is 338 g/mol. The molecular formula is C20H22N2O3. The van der Waals surface area contributed by atoms with Crippen molar-refractivity contribution in [3.8, 4) is 0 Å². The van der Waals surface area contributed by atoms with Gasteiger partial charge < -0.3 is 15.8 Å². The van der Waals surface area contributed by atoms with Gasteiger partial charge in [-0.1, -0.05) is 6.07 Å². The predicted molar refractivity (Wildman–Crippen MR) is 100 cm³/mol. The van der Waals surface area contributed by atoms with E-state index < -0.39 is 0 Å². The molecule has 0 aliphatic heterocycles. The van der Waals surface area contributed by atoms with Crippen molar-refractivity contribution in [1.29, 1.82) is 0 Å². The van der Waals surface area contributed by atoms with E-state index in [4.69, 9.17) is 10.5 Å². The van der Waals surface area contributed by atoms with Crippen LogP contribution in [0, 0.1) is 13.8 Å². The zero-order valence-corrected chi connectivity index (χ0v) is 14.6. The molecule has 0 heterocycles. The summed E-state index contributed by atoms with van der Waals surface area (Å²) in [5.41, 5.74) is 10.7. The maximum atomic E-state index is 12.1. The quantitative estimate of drug-likeness (QED) is 0.495. The first-order valence-corrected chi connectivity index (χ1v) is 8.04. The highest BCUT2D eigenvalue weighted by molar-refractivity contribution is 6.02. The van der Waals surface area contributed by atoms with Crippen molar-refractivity contribution in [3.05, 3.63) is 64.7 Å². The number of esters is 1. The van der Waals surface area contributed by atoms with E-state index in [1.54, 1.807) is 37.3 Å². The van der Waals surface area contributed by atoms with E-state index in [1.807, 2.05) is 26.0 Å². The Labute approximate surface area is 147 Å². The third kappa shape index (κ3) is 4.70. The molecule has 0 aromatic heterocycles. The lowest BCUT2D eigenvalue weighted by molar-refractivity contribution is -0.111. The first kappa shape index (κ1) is 18.3. The van der Waals surface area contributed by atoms with Crippen LogP contribution in [0.15, 0.2) is 42.5 Å². The number of carbonyl (C=O) groups is 2. The van der Waals surface area contributed by atoms with E-state index in [2.05, 4.69) is 5.32 Å². The van der Waals surface area contributed by atoms with Gasteiger partial charge in [0.25, 0.3) is 0 Å². The lowest BCUT2D eigenvalue weighted by Gasteiger charge is -2.08. The summed E-state index contributed by atoms with van der Waals surface area (Å²) >= 11 is 0. The number of benzene rings is 2. The van der Waals surface area contributed by atoms with E-state index in [0.29, 0.717) is 17.9 Å². The number of anilines is 2. The van der Waals surface area contributed by atoms with Crippen LogP contribution in [0.1, 0.15) is 34.0 Å². The smallest absolute Gasteiger partial charge is 0.338 e. The van der Waals surface area contributed by atoms with Gasteiger partial charge in [-0.3, -0.25) is 4.79 Å². The monoisotopic (exact) mass is 338 g/mol. The third-order valence-corrected chi connectivity index (χ3v) is 3.95. The summed E-state index contributed by atoms with van der Waals surface area (Å²) in [6.07, 6.45) is 3.22. The van der Waals surface area contributed by atoms with E-state index in [9.17, 15) is 9.59 Å². The van der Waals surface area contributed by atoms with Crippen molar-refractivity contribution in [2.45, 2.75) is 20.8 Å². The number of rotatable bonds is 5. The van der Waals surface area contributed by atoms with Gasteiger partial charge in [-0.05, 0) is 73.9 Å². The van der Waals surface area contributed by atoms with Crippen molar-refractivity contribution >= 4 is 29.3 Å². The Morgan fingerprint density at radius 3 is 2.40 bits per heavy atom. The zero-order valence-electron chi connectivity index (χ0n) is 14.6. The topological polar surface area (TPSA) is 81.4 Å². The lowest BCUT2D eigenvalue weighted by Crippen LogP contribution is -2.09. The van der Waals surface area contributed by atoms with Crippen LogP contribution in [0.2, 0.25) is 0 Å². The fourth-order valence-electron chi connectivity index (χ4n) is 2.30. The van der Waals surface area contributed by atoms with Crippen LogP contribution in [-0.4, -0.2) is 18.5 Å². The van der Waals surface area contributed by atoms with E-state index in [0.717, 1.165) is 22.4 Å². The highest BCUT2D eigenvalue weighted by atomic mass is 16.5. The highest BCUT2D eigenvalue weighted by Gasteiger charge is 2.06. The first-order chi connectivity index (χ1) is 11.9. The molecule has 2 aromatic carbocycles. The molecule has 2 aromatic rings. The predicted octanol–water partition coefficient (Wildman–Crippen LogP) is 3.71. The molecule has 5 nitrogen and oxygen atoms in total. The number of nitrogen functional groups attached to an aromatic ring is 1. The molecule has 0 bridgehead atoms. The van der Waals surface area contributed by atoms with Crippen molar-refractivity contribution in [2.75, 3.05) is 17.7 Å². The van der Waals surface area contributed by atoms with Crippen LogP contribution >= 0.6 is 0 Å². The Bertz CT molecular complexity index is 808. The molecule has 5 heteroatoms. The lowest BCUT2D eigenvalue weighted by atomic mass is 10.0. The van der Waals surface area contributed by atoms with E-state index in [1.165, 1.54) is 6.08 Å². The summed E-state index contributed by atoms with van der Waals surface area (Å²) in [5, 5.41) is 2.75. The Balaban J connectivity index is 2.03. The van der Waals surface area contributed by atoms with Gasteiger partial charge in [0.1, 0.15) is 0 Å². The van der Waals surface area contributed by atoms with Gasteiger partial charge in [-0.15, -0.1) is 0 Å². The van der Waals surface area contributed by atoms with Gasteiger partial charge in [-0.2, -0.15) is 0 Å². The second kappa shape index (κ2) is 8.15. The van der Waals surface area contributed by atoms with Gasteiger partial charge in [0, 0.05) is 17.5 Å². The number of nitrogens with one attached hydrogen (secondary N) is 1. The van der Waals surface area contributed by atoms with E-state index in [-0.39, 0.29) is 11.9 Å². The normalized spacial score (nSPS) is 10.7. The van der Waals surface area contributed by atoms with Gasteiger partial charge in [0.05, 0.1) is 12.2 Å². The van der Waals surface area contributed by atoms with Crippen molar-refractivity contribution < 1.29 is 14.3 Å². The number of carbonyl (C=O) groups excluding carboxylic acids is 2. The molecule has 0 aliphatic rings. The average Bonchev–Trinajstić information content (AvgIpc) is 2.60. The number of hydrogen-bond acceptors (Lipinski definition) is 4. The maximum Gasteiger partial charge on any atom is 0.338 e. The molecule has 0 unspecified atom stereocenters. The second-order valence-corrected chi connectivity index (χ2v) is 5.61. The molecule has 3 N–H and O–H groups in total. The minimum Gasteiger partial charge on any atom is -0.462 e. The number of hydrogen-bond donors (Lipinski definition) is 2. The Hall–Kier alpha value is -3.08. The molecule has 130 valence electrons. The molecule has 0 spiro atoms. The molecule has 0 atom stereocenters. The summed E-state index contributed by atoms with van der Waals surface area (Å²) in [5.74, 6) is -0.632. The SMILES string of the molecule is CCOC(=O)c1ccc(NC(=O)C=Cc2ccc(N)c(C)c2C)cc1.